The zero-order valence-corrected chi connectivity index (χ0v) is 12.5. The minimum atomic E-state index is -0.659. The van der Waals surface area contributed by atoms with E-state index in [0.29, 0.717) is 11.8 Å². The second-order valence-corrected chi connectivity index (χ2v) is 5.60. The minimum absolute atomic E-state index is 0.160. The zero-order chi connectivity index (χ0) is 16.3. The molecule has 118 valence electrons. The van der Waals surface area contributed by atoms with Gasteiger partial charge in [0.1, 0.15) is 5.69 Å². The Morgan fingerprint density at radius 2 is 1.77 bits per heavy atom. The smallest absolute Gasteiger partial charge is 0.272 e. The molecule has 8 heteroatoms. The third-order valence-electron chi connectivity index (χ3n) is 3.98. The maximum atomic E-state index is 11.1. The first kappa shape index (κ1) is 15.9. The van der Waals surface area contributed by atoms with Gasteiger partial charge in [-0.2, -0.15) is 5.10 Å². The molecule has 22 heavy (non-hydrogen) atoms. The first-order valence-electron chi connectivity index (χ1n) is 7.16. The summed E-state index contributed by atoms with van der Waals surface area (Å²) < 4.78 is 0. The minimum Gasteiger partial charge on any atom is -0.272 e. The van der Waals surface area contributed by atoms with Gasteiger partial charge in [0, 0.05) is 11.8 Å². The van der Waals surface area contributed by atoms with Crippen LogP contribution in [0.25, 0.3) is 0 Å². The van der Waals surface area contributed by atoms with Crippen LogP contribution >= 0.6 is 0 Å². The Labute approximate surface area is 127 Å². The predicted molar refractivity (Wildman–Crippen MR) is 83.0 cm³/mol. The van der Waals surface area contributed by atoms with Crippen molar-refractivity contribution in [2.45, 2.75) is 33.1 Å². The molecule has 0 spiro atoms. The SMILES string of the molecule is C[C@@H]1CCC[C@H](C)C1=NNc1ccc([N+](=O)[O-])cc1[N+](=O)[O-]. The maximum Gasteiger partial charge on any atom is 0.301 e. The molecule has 2 atom stereocenters. The zero-order valence-electron chi connectivity index (χ0n) is 12.5. The van der Waals surface area contributed by atoms with E-state index < -0.39 is 9.85 Å². The van der Waals surface area contributed by atoms with Crippen molar-refractivity contribution in [2.24, 2.45) is 16.9 Å². The molecule has 0 aromatic heterocycles. The van der Waals surface area contributed by atoms with Crippen molar-refractivity contribution in [3.8, 4) is 0 Å². The van der Waals surface area contributed by atoms with Gasteiger partial charge < -0.3 is 0 Å². The molecule has 2 rings (SSSR count). The summed E-state index contributed by atoms with van der Waals surface area (Å²) in [7, 11) is 0. The van der Waals surface area contributed by atoms with Gasteiger partial charge in [0.05, 0.1) is 15.9 Å². The molecule has 1 aromatic rings. The average Bonchev–Trinajstić information content (AvgIpc) is 2.46. The first-order chi connectivity index (χ1) is 10.4. The van der Waals surface area contributed by atoms with E-state index in [1.54, 1.807) is 0 Å². The third-order valence-corrected chi connectivity index (χ3v) is 3.98. The largest absolute Gasteiger partial charge is 0.301 e. The lowest BCUT2D eigenvalue weighted by Crippen LogP contribution is -2.25. The highest BCUT2D eigenvalue weighted by molar-refractivity contribution is 5.89. The summed E-state index contributed by atoms with van der Waals surface area (Å²) in [5, 5.41) is 26.1. The first-order valence-corrected chi connectivity index (χ1v) is 7.16. The molecule has 1 N–H and O–H groups in total. The molecule has 0 unspecified atom stereocenters. The Kier molecular flexibility index (Phi) is 4.69. The summed E-state index contributed by atoms with van der Waals surface area (Å²) in [6.07, 6.45) is 3.25. The number of anilines is 1. The summed E-state index contributed by atoms with van der Waals surface area (Å²) in [4.78, 5) is 20.5. The van der Waals surface area contributed by atoms with E-state index in [0.717, 1.165) is 31.0 Å². The van der Waals surface area contributed by atoms with Crippen molar-refractivity contribution in [3.05, 3.63) is 38.4 Å². The number of nitro groups is 2. The lowest BCUT2D eigenvalue weighted by Gasteiger charge is -2.26. The lowest BCUT2D eigenvalue weighted by atomic mass is 9.81. The van der Waals surface area contributed by atoms with E-state index in [-0.39, 0.29) is 17.1 Å². The summed E-state index contributed by atoms with van der Waals surface area (Å²) in [6, 6.07) is 3.48. The highest BCUT2D eigenvalue weighted by Gasteiger charge is 2.24. The van der Waals surface area contributed by atoms with Crippen LogP contribution in [0, 0.1) is 32.1 Å². The van der Waals surface area contributed by atoms with Gasteiger partial charge >= 0.3 is 5.69 Å². The normalized spacial score (nSPS) is 23.3. The molecule has 0 bridgehead atoms. The molecule has 1 aliphatic rings. The Bertz CT molecular complexity index is 617. The number of non-ortho nitro benzene ring substituents is 1. The average molecular weight is 306 g/mol. The molecule has 1 aromatic carbocycles. The molecule has 0 saturated heterocycles. The number of nitrogens with zero attached hydrogens (tertiary/aromatic N) is 3. The molecule has 0 heterocycles. The number of rotatable bonds is 4. The van der Waals surface area contributed by atoms with Gasteiger partial charge in [-0.1, -0.05) is 20.3 Å². The Morgan fingerprint density at radius 3 is 2.32 bits per heavy atom. The van der Waals surface area contributed by atoms with Crippen LogP contribution in [0.1, 0.15) is 33.1 Å². The monoisotopic (exact) mass is 306 g/mol. The van der Waals surface area contributed by atoms with Crippen molar-refractivity contribution in [2.75, 3.05) is 5.43 Å². The standard InChI is InChI=1S/C14H18N4O4/c1-9-4-3-5-10(2)14(9)16-15-12-7-6-11(17(19)20)8-13(12)18(21)22/h6-10,15H,3-5H2,1-2H3/t9-,10+. The van der Waals surface area contributed by atoms with Gasteiger partial charge in [0.15, 0.2) is 0 Å². The van der Waals surface area contributed by atoms with E-state index in [1.165, 1.54) is 12.1 Å². The number of hydrogen-bond donors (Lipinski definition) is 1. The molecule has 8 nitrogen and oxygen atoms in total. The van der Waals surface area contributed by atoms with Crippen molar-refractivity contribution >= 4 is 22.8 Å². The van der Waals surface area contributed by atoms with E-state index in [4.69, 9.17) is 0 Å². The van der Waals surface area contributed by atoms with Gasteiger partial charge in [-0.15, -0.1) is 0 Å². The Hall–Kier alpha value is -2.51. The van der Waals surface area contributed by atoms with Crippen molar-refractivity contribution in [1.29, 1.82) is 0 Å². The van der Waals surface area contributed by atoms with Gasteiger partial charge in [0.2, 0.25) is 0 Å². The lowest BCUT2D eigenvalue weighted by molar-refractivity contribution is -0.393. The highest BCUT2D eigenvalue weighted by Crippen LogP contribution is 2.30. The number of hydrogen-bond acceptors (Lipinski definition) is 6. The van der Waals surface area contributed by atoms with Crippen molar-refractivity contribution in [3.63, 3.8) is 0 Å². The predicted octanol–water partition coefficient (Wildman–Crippen LogP) is 3.73. The second-order valence-electron chi connectivity index (χ2n) is 5.60. The van der Waals surface area contributed by atoms with Crippen molar-refractivity contribution < 1.29 is 9.85 Å². The fourth-order valence-electron chi connectivity index (χ4n) is 2.74. The molecule has 0 aliphatic heterocycles. The number of nitro benzene ring substituents is 2. The van der Waals surface area contributed by atoms with Crippen LogP contribution in [0.3, 0.4) is 0 Å². The Morgan fingerprint density at radius 1 is 1.14 bits per heavy atom. The summed E-state index contributed by atoms with van der Waals surface area (Å²) in [5.41, 5.74) is 3.19. The maximum absolute atomic E-state index is 11.1. The van der Waals surface area contributed by atoms with Crippen LogP contribution < -0.4 is 5.43 Å². The van der Waals surface area contributed by atoms with Crippen LogP contribution in [-0.2, 0) is 0 Å². The molecule has 1 saturated carbocycles. The van der Waals surface area contributed by atoms with E-state index in [2.05, 4.69) is 24.4 Å². The molecule has 0 amide bonds. The number of hydrazone groups is 1. The number of nitrogens with one attached hydrogen (secondary N) is 1. The molecule has 1 aliphatic carbocycles. The van der Waals surface area contributed by atoms with Crippen LogP contribution in [0.15, 0.2) is 23.3 Å². The summed E-state index contributed by atoms with van der Waals surface area (Å²) >= 11 is 0. The number of benzene rings is 1. The summed E-state index contributed by atoms with van der Waals surface area (Å²) in [6.45, 7) is 4.17. The van der Waals surface area contributed by atoms with E-state index in [9.17, 15) is 20.2 Å². The second kappa shape index (κ2) is 6.50. The van der Waals surface area contributed by atoms with Crippen molar-refractivity contribution in [1.82, 2.24) is 0 Å². The molecular formula is C14H18N4O4. The quantitative estimate of drug-likeness (QED) is 0.673. The Balaban J connectivity index is 2.29. The van der Waals surface area contributed by atoms with Crippen LogP contribution in [0.5, 0.6) is 0 Å². The molecule has 1 fully saturated rings. The van der Waals surface area contributed by atoms with Gasteiger partial charge in [-0.25, -0.2) is 0 Å². The van der Waals surface area contributed by atoms with Gasteiger partial charge in [0.25, 0.3) is 5.69 Å². The molecule has 0 radical (unpaired) electrons. The van der Waals surface area contributed by atoms with E-state index >= 15 is 0 Å². The highest BCUT2D eigenvalue weighted by atomic mass is 16.6. The van der Waals surface area contributed by atoms with Gasteiger partial charge in [-0.05, 0) is 30.7 Å². The van der Waals surface area contributed by atoms with Crippen LogP contribution in [0.4, 0.5) is 17.1 Å². The summed E-state index contributed by atoms with van der Waals surface area (Å²) in [5.74, 6) is 0.654. The van der Waals surface area contributed by atoms with E-state index in [1.807, 2.05) is 0 Å². The van der Waals surface area contributed by atoms with Crippen LogP contribution in [-0.4, -0.2) is 15.6 Å². The molecular weight excluding hydrogens is 288 g/mol. The third kappa shape index (κ3) is 3.38. The van der Waals surface area contributed by atoms with Crippen LogP contribution in [0.2, 0.25) is 0 Å². The van der Waals surface area contributed by atoms with Gasteiger partial charge in [-0.3, -0.25) is 25.7 Å². The fourth-order valence-corrected chi connectivity index (χ4v) is 2.74. The fraction of sp³-hybridized carbons (Fsp3) is 0.500. The topological polar surface area (TPSA) is 111 Å².